The summed E-state index contributed by atoms with van der Waals surface area (Å²) >= 11 is 0. The van der Waals surface area contributed by atoms with Crippen LogP contribution in [0.25, 0.3) is 22.1 Å². The Bertz CT molecular complexity index is 1280. The molecule has 0 aliphatic heterocycles. The molecular weight excluding hydrogens is 411 g/mol. The van der Waals surface area contributed by atoms with E-state index >= 15 is 4.39 Å². The number of hydrogen-bond donors (Lipinski definition) is 1. The molecular formula is C25H23FN2O4. The van der Waals surface area contributed by atoms with Gasteiger partial charge in [-0.1, -0.05) is 12.1 Å². The molecule has 0 radical (unpaired) electrons. The Hall–Kier alpha value is -3.71. The number of esters is 1. The number of nitrogens with two attached hydrogens (primary N) is 1. The van der Waals surface area contributed by atoms with Crippen LogP contribution in [0, 0.1) is 12.7 Å². The van der Waals surface area contributed by atoms with Crippen LogP contribution in [0.1, 0.15) is 22.4 Å². The summed E-state index contributed by atoms with van der Waals surface area (Å²) in [7, 11) is 1.34. The van der Waals surface area contributed by atoms with Crippen LogP contribution in [0.15, 0.2) is 59.3 Å². The molecule has 2 aromatic carbocycles. The first-order valence-corrected chi connectivity index (χ1v) is 10.1. The first-order chi connectivity index (χ1) is 15.5. The Morgan fingerprint density at radius 1 is 1.16 bits per heavy atom. The van der Waals surface area contributed by atoms with Crippen molar-refractivity contribution in [2.24, 2.45) is 5.73 Å². The molecule has 0 amide bonds. The first kappa shape index (κ1) is 21.5. The number of benzene rings is 2. The third kappa shape index (κ3) is 4.33. The van der Waals surface area contributed by atoms with Gasteiger partial charge in [-0.25, -0.2) is 4.39 Å². The Kier molecular flexibility index (Phi) is 6.18. The minimum atomic E-state index is -0.409. The summed E-state index contributed by atoms with van der Waals surface area (Å²) in [5.74, 6) is -0.272. The summed E-state index contributed by atoms with van der Waals surface area (Å²) in [6.45, 7) is 2.19. The summed E-state index contributed by atoms with van der Waals surface area (Å²) in [6, 6.07) is 12.5. The lowest BCUT2D eigenvalue weighted by atomic mass is 10.00. The van der Waals surface area contributed by atoms with E-state index in [1.54, 1.807) is 18.3 Å². The van der Waals surface area contributed by atoms with Gasteiger partial charge in [0.15, 0.2) is 0 Å². The second-order valence-corrected chi connectivity index (χ2v) is 7.45. The maximum Gasteiger partial charge on any atom is 0.310 e. The van der Waals surface area contributed by atoms with Crippen molar-refractivity contribution >= 4 is 16.9 Å². The zero-order chi connectivity index (χ0) is 22.7. The van der Waals surface area contributed by atoms with Gasteiger partial charge in [-0.2, -0.15) is 0 Å². The molecule has 0 bridgehead atoms. The van der Waals surface area contributed by atoms with Crippen molar-refractivity contribution < 1.29 is 23.1 Å². The highest BCUT2D eigenvalue weighted by molar-refractivity contribution is 5.93. The van der Waals surface area contributed by atoms with Crippen LogP contribution in [0.2, 0.25) is 0 Å². The minimum absolute atomic E-state index is 0.0214. The molecule has 6 nitrogen and oxygen atoms in total. The number of methoxy groups -OCH3 is 1. The Balaban J connectivity index is 1.71. The molecule has 0 aliphatic carbocycles. The van der Waals surface area contributed by atoms with E-state index in [0.717, 1.165) is 22.4 Å². The minimum Gasteiger partial charge on any atom is -0.488 e. The van der Waals surface area contributed by atoms with E-state index < -0.39 is 5.82 Å². The molecule has 0 unspecified atom stereocenters. The number of aryl methyl sites for hydroxylation is 1. The molecule has 0 aliphatic rings. The van der Waals surface area contributed by atoms with E-state index in [9.17, 15) is 4.79 Å². The largest absolute Gasteiger partial charge is 0.488 e. The highest BCUT2D eigenvalue weighted by Crippen LogP contribution is 2.34. The third-order valence-electron chi connectivity index (χ3n) is 5.25. The van der Waals surface area contributed by atoms with Crippen LogP contribution in [-0.2, 0) is 29.1 Å². The number of carbonyl (C=O) groups is 1. The molecule has 32 heavy (non-hydrogen) atoms. The standard InChI is InChI=1S/C25H23FN2O4/c1-15-3-4-17(12-23(29)30-2)22(9-15)32-14-18-11-21(16-5-7-28-19(10-16)13-27)25-20(24(18)26)6-8-31-25/h3-11H,12-14,27H2,1-2H3. The molecule has 4 aromatic rings. The normalized spacial score (nSPS) is 11.0. The van der Waals surface area contributed by atoms with E-state index in [1.807, 2.05) is 37.3 Å². The van der Waals surface area contributed by atoms with Crippen molar-refractivity contribution in [1.29, 1.82) is 0 Å². The molecule has 0 saturated carbocycles. The highest BCUT2D eigenvalue weighted by Gasteiger charge is 2.18. The average molecular weight is 434 g/mol. The lowest BCUT2D eigenvalue weighted by molar-refractivity contribution is -0.139. The third-order valence-corrected chi connectivity index (χ3v) is 5.25. The molecule has 2 aromatic heterocycles. The number of pyridine rings is 1. The fraction of sp³-hybridized carbons (Fsp3) is 0.200. The van der Waals surface area contributed by atoms with Crippen molar-refractivity contribution in [3.63, 3.8) is 0 Å². The lowest BCUT2D eigenvalue weighted by Gasteiger charge is -2.14. The lowest BCUT2D eigenvalue weighted by Crippen LogP contribution is -2.08. The van der Waals surface area contributed by atoms with Gasteiger partial charge in [0.1, 0.15) is 23.8 Å². The molecule has 0 fully saturated rings. The number of rotatable bonds is 7. The van der Waals surface area contributed by atoms with E-state index in [0.29, 0.717) is 34.4 Å². The van der Waals surface area contributed by atoms with Crippen molar-refractivity contribution in [3.05, 3.63) is 83.1 Å². The van der Waals surface area contributed by atoms with Gasteiger partial charge in [0, 0.05) is 29.4 Å². The number of hydrogen-bond acceptors (Lipinski definition) is 6. The molecule has 164 valence electrons. The maximum atomic E-state index is 15.2. The smallest absolute Gasteiger partial charge is 0.310 e. The van der Waals surface area contributed by atoms with Gasteiger partial charge in [0.25, 0.3) is 0 Å². The molecule has 4 rings (SSSR count). The number of halogens is 1. The summed E-state index contributed by atoms with van der Waals surface area (Å²) in [5.41, 5.74) is 10.4. The van der Waals surface area contributed by atoms with Gasteiger partial charge in [-0.3, -0.25) is 9.78 Å². The number of furan rings is 1. The van der Waals surface area contributed by atoms with E-state index in [4.69, 9.17) is 19.6 Å². The van der Waals surface area contributed by atoms with E-state index in [2.05, 4.69) is 4.98 Å². The van der Waals surface area contributed by atoms with Gasteiger partial charge >= 0.3 is 5.97 Å². The summed E-state index contributed by atoms with van der Waals surface area (Å²) in [4.78, 5) is 16.0. The number of fused-ring (bicyclic) bond motifs is 1. The number of carbonyl (C=O) groups excluding carboxylic acids is 1. The van der Waals surface area contributed by atoms with Gasteiger partial charge < -0.3 is 19.6 Å². The van der Waals surface area contributed by atoms with E-state index in [1.165, 1.54) is 13.4 Å². The van der Waals surface area contributed by atoms with Gasteiger partial charge in [-0.15, -0.1) is 0 Å². The van der Waals surface area contributed by atoms with Crippen LogP contribution >= 0.6 is 0 Å². The van der Waals surface area contributed by atoms with Crippen LogP contribution < -0.4 is 10.5 Å². The fourth-order valence-electron chi connectivity index (χ4n) is 3.57. The number of ether oxygens (including phenoxy) is 2. The zero-order valence-electron chi connectivity index (χ0n) is 17.9. The highest BCUT2D eigenvalue weighted by atomic mass is 19.1. The average Bonchev–Trinajstić information content (AvgIpc) is 3.30. The van der Waals surface area contributed by atoms with Crippen molar-refractivity contribution in [2.45, 2.75) is 26.5 Å². The predicted octanol–water partition coefficient (Wildman–Crippen LogP) is 4.70. The van der Waals surface area contributed by atoms with Crippen LogP contribution in [0.4, 0.5) is 4.39 Å². The fourth-order valence-corrected chi connectivity index (χ4v) is 3.57. The number of nitrogens with zero attached hydrogens (tertiary/aromatic N) is 1. The van der Waals surface area contributed by atoms with Crippen molar-refractivity contribution in [3.8, 4) is 16.9 Å². The van der Waals surface area contributed by atoms with Gasteiger partial charge in [0.05, 0.1) is 30.9 Å². The first-order valence-electron chi connectivity index (χ1n) is 10.1. The van der Waals surface area contributed by atoms with Crippen molar-refractivity contribution in [2.75, 3.05) is 7.11 Å². The molecule has 0 spiro atoms. The van der Waals surface area contributed by atoms with Crippen LogP contribution in [0.3, 0.4) is 0 Å². The summed E-state index contributed by atoms with van der Waals surface area (Å²) < 4.78 is 31.6. The SMILES string of the molecule is COC(=O)Cc1ccc(C)cc1OCc1cc(-c2ccnc(CN)c2)c2occc2c1F. The van der Waals surface area contributed by atoms with Gasteiger partial charge in [-0.05, 0) is 48.4 Å². The predicted molar refractivity (Wildman–Crippen MR) is 119 cm³/mol. The van der Waals surface area contributed by atoms with Crippen molar-refractivity contribution in [1.82, 2.24) is 4.98 Å². The summed E-state index contributed by atoms with van der Waals surface area (Å²) in [6.07, 6.45) is 3.19. The Morgan fingerprint density at radius 2 is 2.00 bits per heavy atom. The molecule has 7 heteroatoms. The molecule has 2 N–H and O–H groups in total. The topological polar surface area (TPSA) is 87.6 Å². The quantitative estimate of drug-likeness (QED) is 0.425. The summed E-state index contributed by atoms with van der Waals surface area (Å²) in [5, 5.41) is 0.367. The number of aromatic nitrogens is 1. The van der Waals surface area contributed by atoms with E-state index in [-0.39, 0.29) is 19.0 Å². The second kappa shape index (κ2) is 9.20. The van der Waals surface area contributed by atoms with Crippen LogP contribution in [-0.4, -0.2) is 18.1 Å². The molecule has 0 atom stereocenters. The molecule has 0 saturated heterocycles. The monoisotopic (exact) mass is 434 g/mol. The second-order valence-electron chi connectivity index (χ2n) is 7.45. The molecule has 2 heterocycles. The maximum absolute atomic E-state index is 15.2. The Labute approximate surface area is 184 Å². The van der Waals surface area contributed by atoms with Gasteiger partial charge in [0.2, 0.25) is 0 Å². The van der Waals surface area contributed by atoms with Crippen LogP contribution in [0.5, 0.6) is 5.75 Å². The Morgan fingerprint density at radius 3 is 2.78 bits per heavy atom. The zero-order valence-corrected chi connectivity index (χ0v) is 17.9.